The largest absolute Gasteiger partial charge is 0.507 e. The Morgan fingerprint density at radius 2 is 2.11 bits per heavy atom. The van der Waals surface area contributed by atoms with Crippen LogP contribution in [0.5, 0.6) is 5.75 Å². The van der Waals surface area contributed by atoms with Gasteiger partial charge in [-0.2, -0.15) is 0 Å². The van der Waals surface area contributed by atoms with E-state index in [9.17, 15) is 5.11 Å². The van der Waals surface area contributed by atoms with Gasteiger partial charge >= 0.3 is 0 Å². The highest BCUT2D eigenvalue weighted by Crippen LogP contribution is 2.32. The minimum Gasteiger partial charge on any atom is -0.507 e. The molecule has 18 heavy (non-hydrogen) atoms. The van der Waals surface area contributed by atoms with Crippen LogP contribution in [-0.4, -0.2) is 19.6 Å². The summed E-state index contributed by atoms with van der Waals surface area (Å²) in [7, 11) is 1.89. The molecule has 3 rings (SSSR count). The summed E-state index contributed by atoms with van der Waals surface area (Å²) in [5.74, 6) is 0.823. The zero-order valence-corrected chi connectivity index (χ0v) is 10.4. The molecule has 0 radical (unpaired) electrons. The van der Waals surface area contributed by atoms with Gasteiger partial charge in [0.2, 0.25) is 0 Å². The van der Waals surface area contributed by atoms with Crippen molar-refractivity contribution in [1.29, 1.82) is 0 Å². The Morgan fingerprint density at radius 3 is 2.89 bits per heavy atom. The fourth-order valence-corrected chi connectivity index (χ4v) is 2.15. The third-order valence-electron chi connectivity index (χ3n) is 2.88. The van der Waals surface area contributed by atoms with Crippen molar-refractivity contribution in [3.63, 3.8) is 0 Å². The van der Waals surface area contributed by atoms with Crippen molar-refractivity contribution in [2.24, 2.45) is 7.05 Å². The van der Waals surface area contributed by atoms with Crippen molar-refractivity contribution in [3.8, 4) is 17.1 Å². The van der Waals surface area contributed by atoms with Crippen LogP contribution in [0.1, 0.15) is 0 Å². The molecule has 2 heterocycles. The Labute approximate surface area is 108 Å². The van der Waals surface area contributed by atoms with E-state index in [0.29, 0.717) is 16.4 Å². The quantitative estimate of drug-likeness (QED) is 0.731. The van der Waals surface area contributed by atoms with E-state index >= 15 is 0 Å². The van der Waals surface area contributed by atoms with Crippen LogP contribution in [0.4, 0.5) is 0 Å². The molecule has 1 aromatic carbocycles. The highest BCUT2D eigenvalue weighted by molar-refractivity contribution is 6.30. The number of pyridine rings is 1. The molecule has 2 aromatic heterocycles. The SMILES string of the molecule is Cn1c(-c2cc(Cl)ccc2O)nc2cnccc21. The van der Waals surface area contributed by atoms with E-state index in [1.54, 1.807) is 30.6 Å². The van der Waals surface area contributed by atoms with Crippen molar-refractivity contribution in [1.82, 2.24) is 14.5 Å². The molecule has 0 spiro atoms. The van der Waals surface area contributed by atoms with E-state index in [2.05, 4.69) is 9.97 Å². The molecular weight excluding hydrogens is 250 g/mol. The Hall–Kier alpha value is -2.07. The molecule has 0 saturated heterocycles. The number of aromatic nitrogens is 3. The van der Waals surface area contributed by atoms with Gasteiger partial charge in [-0.25, -0.2) is 4.98 Å². The van der Waals surface area contributed by atoms with Crippen LogP contribution in [-0.2, 0) is 7.05 Å². The molecular formula is C13H10ClN3O. The molecule has 0 fully saturated rings. The van der Waals surface area contributed by atoms with Crippen LogP contribution in [0.25, 0.3) is 22.4 Å². The van der Waals surface area contributed by atoms with Crippen LogP contribution in [0.15, 0.2) is 36.7 Å². The monoisotopic (exact) mass is 259 g/mol. The molecule has 3 aromatic rings. The first-order chi connectivity index (χ1) is 8.66. The van der Waals surface area contributed by atoms with Gasteiger partial charge in [0.25, 0.3) is 0 Å². The zero-order valence-electron chi connectivity index (χ0n) is 9.63. The van der Waals surface area contributed by atoms with Gasteiger partial charge in [0, 0.05) is 18.3 Å². The fraction of sp³-hybridized carbons (Fsp3) is 0.0769. The first-order valence-corrected chi connectivity index (χ1v) is 5.80. The van der Waals surface area contributed by atoms with Crippen LogP contribution in [0, 0.1) is 0 Å². The summed E-state index contributed by atoms with van der Waals surface area (Å²) in [6, 6.07) is 6.79. The van der Waals surface area contributed by atoms with Crippen molar-refractivity contribution in [2.45, 2.75) is 0 Å². The minimum absolute atomic E-state index is 0.158. The Morgan fingerprint density at radius 1 is 1.28 bits per heavy atom. The number of halogens is 1. The normalized spacial score (nSPS) is 11.0. The van der Waals surface area contributed by atoms with Gasteiger partial charge in [-0.1, -0.05) is 11.6 Å². The summed E-state index contributed by atoms with van der Waals surface area (Å²) in [5.41, 5.74) is 2.36. The second-order valence-corrected chi connectivity index (χ2v) is 4.46. The molecule has 1 N–H and O–H groups in total. The van der Waals surface area contributed by atoms with E-state index in [1.807, 2.05) is 17.7 Å². The summed E-state index contributed by atoms with van der Waals surface area (Å²) in [5, 5.41) is 10.5. The number of nitrogens with zero attached hydrogens (tertiary/aromatic N) is 3. The van der Waals surface area contributed by atoms with Gasteiger partial charge in [-0.3, -0.25) is 4.98 Å². The molecule has 90 valence electrons. The summed E-state index contributed by atoms with van der Waals surface area (Å²) < 4.78 is 1.91. The van der Waals surface area contributed by atoms with Crippen molar-refractivity contribution < 1.29 is 5.11 Å². The topological polar surface area (TPSA) is 50.9 Å². The second-order valence-electron chi connectivity index (χ2n) is 4.02. The van der Waals surface area contributed by atoms with Crippen molar-refractivity contribution >= 4 is 22.6 Å². The van der Waals surface area contributed by atoms with Crippen molar-refractivity contribution in [2.75, 3.05) is 0 Å². The van der Waals surface area contributed by atoms with Gasteiger partial charge in [-0.15, -0.1) is 0 Å². The van der Waals surface area contributed by atoms with Gasteiger partial charge in [0.1, 0.15) is 17.1 Å². The van der Waals surface area contributed by atoms with Crippen LogP contribution < -0.4 is 0 Å². The van der Waals surface area contributed by atoms with E-state index in [1.165, 1.54) is 0 Å². The number of hydrogen-bond acceptors (Lipinski definition) is 3. The predicted octanol–water partition coefficient (Wildman–Crippen LogP) is 2.99. The van der Waals surface area contributed by atoms with Crippen LogP contribution >= 0.6 is 11.6 Å². The first kappa shape index (κ1) is 11.0. The number of fused-ring (bicyclic) bond motifs is 1. The van der Waals surface area contributed by atoms with E-state index in [-0.39, 0.29) is 5.75 Å². The predicted molar refractivity (Wildman–Crippen MR) is 70.6 cm³/mol. The Balaban J connectivity index is 2.31. The van der Waals surface area contributed by atoms with E-state index in [0.717, 1.165) is 11.0 Å². The third-order valence-corrected chi connectivity index (χ3v) is 3.12. The van der Waals surface area contributed by atoms with Crippen LogP contribution in [0.2, 0.25) is 5.02 Å². The summed E-state index contributed by atoms with van der Waals surface area (Å²) in [6.07, 6.45) is 3.41. The maximum absolute atomic E-state index is 9.91. The van der Waals surface area contributed by atoms with Crippen molar-refractivity contribution in [3.05, 3.63) is 41.7 Å². The van der Waals surface area contributed by atoms with Crippen LogP contribution in [0.3, 0.4) is 0 Å². The lowest BCUT2D eigenvalue weighted by Gasteiger charge is -2.05. The molecule has 0 atom stereocenters. The standard InChI is InChI=1S/C13H10ClN3O/c1-17-11-4-5-15-7-10(11)16-13(17)9-6-8(14)2-3-12(9)18/h2-7,18H,1H3. The van der Waals surface area contributed by atoms with E-state index in [4.69, 9.17) is 11.6 Å². The number of rotatable bonds is 1. The Bertz CT molecular complexity index is 736. The number of benzene rings is 1. The van der Waals surface area contributed by atoms with Gasteiger partial charge < -0.3 is 9.67 Å². The lowest BCUT2D eigenvalue weighted by Crippen LogP contribution is -1.92. The van der Waals surface area contributed by atoms with Gasteiger partial charge in [0.15, 0.2) is 0 Å². The first-order valence-electron chi connectivity index (χ1n) is 5.42. The smallest absolute Gasteiger partial charge is 0.144 e. The molecule has 0 saturated carbocycles. The van der Waals surface area contributed by atoms with E-state index < -0.39 is 0 Å². The molecule has 0 aliphatic heterocycles. The number of aromatic hydroxyl groups is 1. The average Bonchev–Trinajstić information content (AvgIpc) is 2.71. The molecule has 4 nitrogen and oxygen atoms in total. The summed E-state index contributed by atoms with van der Waals surface area (Å²) in [4.78, 5) is 8.50. The summed E-state index contributed by atoms with van der Waals surface area (Å²) >= 11 is 5.96. The zero-order chi connectivity index (χ0) is 12.7. The molecule has 0 unspecified atom stereocenters. The number of aryl methyl sites for hydroxylation is 1. The number of phenols is 1. The highest BCUT2D eigenvalue weighted by Gasteiger charge is 2.13. The summed E-state index contributed by atoms with van der Waals surface area (Å²) in [6.45, 7) is 0. The second kappa shape index (κ2) is 3.99. The van der Waals surface area contributed by atoms with Gasteiger partial charge in [-0.05, 0) is 24.3 Å². The molecule has 0 bridgehead atoms. The number of hydrogen-bond donors (Lipinski definition) is 1. The maximum Gasteiger partial charge on any atom is 0.144 e. The minimum atomic E-state index is 0.158. The third kappa shape index (κ3) is 1.62. The lowest BCUT2D eigenvalue weighted by atomic mass is 10.2. The molecule has 0 aliphatic carbocycles. The molecule has 5 heteroatoms. The Kier molecular flexibility index (Phi) is 2.45. The average molecular weight is 260 g/mol. The fourth-order valence-electron chi connectivity index (χ4n) is 1.98. The number of phenolic OH excluding ortho intramolecular Hbond substituents is 1. The maximum atomic E-state index is 9.91. The molecule has 0 amide bonds. The molecule has 0 aliphatic rings. The highest BCUT2D eigenvalue weighted by atomic mass is 35.5. The lowest BCUT2D eigenvalue weighted by molar-refractivity contribution is 0.476. The number of imidazole rings is 1. The van der Waals surface area contributed by atoms with Gasteiger partial charge in [0.05, 0.1) is 17.3 Å².